The molecule has 0 bridgehead atoms. The van der Waals surface area contributed by atoms with E-state index in [1.807, 2.05) is 0 Å². The lowest BCUT2D eigenvalue weighted by Crippen LogP contribution is -2.47. The largest absolute Gasteiger partial charge is 0.392 e. The Bertz CT molecular complexity index is 642. The van der Waals surface area contributed by atoms with Crippen LogP contribution in [0, 0.1) is 5.92 Å². The van der Waals surface area contributed by atoms with Crippen molar-refractivity contribution in [3.05, 3.63) is 72.8 Å². The van der Waals surface area contributed by atoms with Gasteiger partial charge in [-0.3, -0.25) is 0 Å². The Morgan fingerprint density at radius 2 is 1.54 bits per heavy atom. The minimum atomic E-state index is -0.608. The minimum Gasteiger partial charge on any atom is -0.392 e. The monoisotopic (exact) mass is 338 g/mol. The first-order valence-electron chi connectivity index (χ1n) is 8.76. The van der Waals surface area contributed by atoms with Crippen LogP contribution in [0.2, 0.25) is 0 Å². The van der Waals surface area contributed by atoms with E-state index in [1.165, 1.54) is 16.2 Å². The molecule has 1 aliphatic carbocycles. The number of allylic oxidation sites excluding steroid dienone is 1. The highest BCUT2D eigenvalue weighted by Crippen LogP contribution is 2.56. The van der Waals surface area contributed by atoms with Crippen LogP contribution in [0.3, 0.4) is 0 Å². The van der Waals surface area contributed by atoms with Crippen molar-refractivity contribution in [2.45, 2.75) is 44.4 Å². The standard InChI is InChI=1S/C22H27OP/c1-17(2)18-14-15-22(3,21(23)16-18)24(19-10-6-4-7-11-19)20-12-8-5-9-13-20/h4-13,18,21,23H,1,14-16H2,2-3H3. The van der Waals surface area contributed by atoms with Crippen LogP contribution in [0.15, 0.2) is 72.8 Å². The first-order chi connectivity index (χ1) is 11.5. The van der Waals surface area contributed by atoms with Crippen LogP contribution in [-0.4, -0.2) is 16.4 Å². The van der Waals surface area contributed by atoms with Gasteiger partial charge in [0.1, 0.15) is 0 Å². The van der Waals surface area contributed by atoms with E-state index in [9.17, 15) is 5.11 Å². The van der Waals surface area contributed by atoms with Crippen molar-refractivity contribution >= 4 is 18.5 Å². The Labute approximate surface area is 147 Å². The lowest BCUT2D eigenvalue weighted by atomic mass is 9.77. The zero-order valence-electron chi connectivity index (χ0n) is 14.7. The lowest BCUT2D eigenvalue weighted by molar-refractivity contribution is 0.0778. The fourth-order valence-electron chi connectivity index (χ4n) is 3.88. The molecule has 1 saturated carbocycles. The maximum Gasteiger partial charge on any atom is 0.0644 e. The van der Waals surface area contributed by atoms with E-state index in [2.05, 4.69) is 81.1 Å². The molecule has 0 aliphatic heterocycles. The molecule has 0 amide bonds. The van der Waals surface area contributed by atoms with Gasteiger partial charge in [0.25, 0.3) is 0 Å². The fraction of sp³-hybridized carbons (Fsp3) is 0.364. The molecule has 0 aromatic heterocycles. The maximum absolute atomic E-state index is 11.1. The van der Waals surface area contributed by atoms with E-state index >= 15 is 0 Å². The summed E-state index contributed by atoms with van der Waals surface area (Å²) in [4.78, 5) is 0. The highest BCUT2D eigenvalue weighted by molar-refractivity contribution is 7.74. The van der Waals surface area contributed by atoms with Gasteiger partial charge < -0.3 is 5.11 Å². The van der Waals surface area contributed by atoms with Crippen molar-refractivity contribution in [3.8, 4) is 0 Å². The highest BCUT2D eigenvalue weighted by atomic mass is 31.1. The van der Waals surface area contributed by atoms with Gasteiger partial charge in [0, 0.05) is 5.16 Å². The molecule has 0 heterocycles. The van der Waals surface area contributed by atoms with Gasteiger partial charge in [0.2, 0.25) is 0 Å². The molecular formula is C22H27OP. The SMILES string of the molecule is C=C(C)C1CCC(C)(P(c2ccccc2)c2ccccc2)C(O)C1. The van der Waals surface area contributed by atoms with Crippen molar-refractivity contribution in [2.24, 2.45) is 5.92 Å². The van der Waals surface area contributed by atoms with Gasteiger partial charge in [-0.1, -0.05) is 79.7 Å². The Hall–Kier alpha value is -1.43. The molecule has 1 fully saturated rings. The first kappa shape index (κ1) is 17.4. The molecule has 3 unspecified atom stereocenters. The van der Waals surface area contributed by atoms with Crippen LogP contribution >= 0.6 is 7.92 Å². The summed E-state index contributed by atoms with van der Waals surface area (Å²) in [5, 5.41) is 13.7. The Morgan fingerprint density at radius 3 is 1.96 bits per heavy atom. The zero-order valence-corrected chi connectivity index (χ0v) is 15.5. The molecule has 3 atom stereocenters. The average Bonchev–Trinajstić information content (AvgIpc) is 2.59. The summed E-state index contributed by atoms with van der Waals surface area (Å²) in [5.41, 5.74) is 1.21. The van der Waals surface area contributed by atoms with E-state index < -0.39 is 7.92 Å². The molecule has 0 spiro atoms. The van der Waals surface area contributed by atoms with E-state index in [-0.39, 0.29) is 11.3 Å². The van der Waals surface area contributed by atoms with Crippen molar-refractivity contribution in [2.75, 3.05) is 0 Å². The summed E-state index contributed by atoms with van der Waals surface area (Å²) in [7, 11) is -0.608. The Balaban J connectivity index is 2.01. The van der Waals surface area contributed by atoms with Gasteiger partial charge in [-0.05, 0) is 50.6 Å². The zero-order chi connectivity index (χ0) is 17.2. The molecule has 3 rings (SSSR count). The number of hydrogen-bond acceptors (Lipinski definition) is 1. The van der Waals surface area contributed by atoms with E-state index in [0.717, 1.165) is 19.3 Å². The highest BCUT2D eigenvalue weighted by Gasteiger charge is 2.45. The summed E-state index contributed by atoms with van der Waals surface area (Å²) >= 11 is 0. The van der Waals surface area contributed by atoms with Crippen molar-refractivity contribution < 1.29 is 5.11 Å². The fourth-order valence-corrected chi connectivity index (χ4v) is 7.05. The molecular weight excluding hydrogens is 311 g/mol. The van der Waals surface area contributed by atoms with Crippen LogP contribution in [0.25, 0.3) is 0 Å². The van der Waals surface area contributed by atoms with Gasteiger partial charge in [-0.15, -0.1) is 0 Å². The smallest absolute Gasteiger partial charge is 0.0644 e. The predicted molar refractivity (Wildman–Crippen MR) is 106 cm³/mol. The lowest BCUT2D eigenvalue weighted by Gasteiger charge is -2.47. The number of rotatable bonds is 4. The number of benzene rings is 2. The van der Waals surface area contributed by atoms with E-state index in [1.54, 1.807) is 0 Å². The average molecular weight is 338 g/mol. The molecule has 1 aliphatic rings. The molecule has 1 N–H and O–H groups in total. The van der Waals surface area contributed by atoms with Gasteiger partial charge >= 0.3 is 0 Å². The van der Waals surface area contributed by atoms with Gasteiger partial charge in [-0.2, -0.15) is 0 Å². The molecule has 0 saturated heterocycles. The third-order valence-corrected chi connectivity index (χ3v) is 8.63. The first-order valence-corrected chi connectivity index (χ1v) is 10.1. The van der Waals surface area contributed by atoms with Crippen LogP contribution in [-0.2, 0) is 0 Å². The van der Waals surface area contributed by atoms with E-state index in [4.69, 9.17) is 0 Å². The van der Waals surface area contributed by atoms with Crippen LogP contribution in [0.4, 0.5) is 0 Å². The summed E-state index contributed by atoms with van der Waals surface area (Å²) < 4.78 is 0. The third-order valence-electron chi connectivity index (χ3n) is 5.46. The van der Waals surface area contributed by atoms with Gasteiger partial charge in [0.05, 0.1) is 6.10 Å². The second-order valence-electron chi connectivity index (χ2n) is 7.20. The van der Waals surface area contributed by atoms with Gasteiger partial charge in [0.15, 0.2) is 0 Å². The Morgan fingerprint density at radius 1 is 1.04 bits per heavy atom. The van der Waals surface area contributed by atoms with Gasteiger partial charge in [-0.25, -0.2) is 0 Å². The van der Waals surface area contributed by atoms with Crippen molar-refractivity contribution in [3.63, 3.8) is 0 Å². The maximum atomic E-state index is 11.1. The van der Waals surface area contributed by atoms with Crippen LogP contribution in [0.5, 0.6) is 0 Å². The normalized spacial score (nSPS) is 27.2. The molecule has 1 nitrogen and oxygen atoms in total. The Kier molecular flexibility index (Phi) is 5.23. The number of aliphatic hydroxyl groups is 1. The number of hydrogen-bond donors (Lipinski definition) is 1. The van der Waals surface area contributed by atoms with Crippen LogP contribution < -0.4 is 10.6 Å². The van der Waals surface area contributed by atoms with Crippen molar-refractivity contribution in [1.29, 1.82) is 0 Å². The molecule has 2 heteroatoms. The van der Waals surface area contributed by atoms with Crippen molar-refractivity contribution in [1.82, 2.24) is 0 Å². The number of aliphatic hydroxyl groups excluding tert-OH is 1. The summed E-state index contributed by atoms with van der Waals surface area (Å²) in [6, 6.07) is 21.5. The minimum absolute atomic E-state index is 0.0933. The predicted octanol–water partition coefficient (Wildman–Crippen LogP) is 4.62. The molecule has 0 radical (unpaired) electrons. The van der Waals surface area contributed by atoms with Crippen LogP contribution in [0.1, 0.15) is 33.1 Å². The summed E-state index contributed by atoms with van der Waals surface area (Å²) in [6.45, 7) is 8.50. The second-order valence-corrected chi connectivity index (χ2v) is 9.92. The topological polar surface area (TPSA) is 20.2 Å². The molecule has 126 valence electrons. The summed E-state index contributed by atoms with van der Waals surface area (Å²) in [6.07, 6.45) is 2.71. The summed E-state index contributed by atoms with van der Waals surface area (Å²) in [5.74, 6) is 0.455. The third kappa shape index (κ3) is 3.34. The molecule has 24 heavy (non-hydrogen) atoms. The quantitative estimate of drug-likeness (QED) is 0.637. The molecule has 2 aromatic rings. The second kappa shape index (κ2) is 7.21. The molecule has 2 aromatic carbocycles. The van der Waals surface area contributed by atoms with E-state index in [0.29, 0.717) is 5.92 Å².